The average Bonchev–Trinajstić information content (AvgIpc) is 3.31. The van der Waals surface area contributed by atoms with Gasteiger partial charge in [-0.3, -0.25) is 9.48 Å². The van der Waals surface area contributed by atoms with Crippen LogP contribution in [0.2, 0.25) is 0 Å². The summed E-state index contributed by atoms with van der Waals surface area (Å²) in [4.78, 5) is 16.6. The molecule has 0 bridgehead atoms. The van der Waals surface area contributed by atoms with Crippen molar-refractivity contribution in [1.82, 2.24) is 24.5 Å². The van der Waals surface area contributed by atoms with E-state index in [9.17, 15) is 4.79 Å². The van der Waals surface area contributed by atoms with E-state index in [4.69, 9.17) is 4.74 Å². The lowest BCUT2D eigenvalue weighted by atomic mass is 9.99. The van der Waals surface area contributed by atoms with Crippen LogP contribution in [0.4, 0.5) is 0 Å². The number of pyridine rings is 1. The van der Waals surface area contributed by atoms with Crippen LogP contribution in [-0.4, -0.2) is 38.2 Å². The lowest BCUT2D eigenvalue weighted by Crippen LogP contribution is -2.31. The second-order valence-electron chi connectivity index (χ2n) is 6.04. The van der Waals surface area contributed by atoms with E-state index < -0.39 is 0 Å². The average molecular weight is 325 g/mol. The number of rotatable bonds is 4. The summed E-state index contributed by atoms with van der Waals surface area (Å²) in [7, 11) is 1.91. The van der Waals surface area contributed by atoms with E-state index >= 15 is 0 Å². The summed E-state index contributed by atoms with van der Waals surface area (Å²) < 4.78 is 9.52. The molecule has 7 heteroatoms. The number of imidazole rings is 1. The van der Waals surface area contributed by atoms with Gasteiger partial charge in [-0.15, -0.1) is 0 Å². The molecule has 0 radical (unpaired) electrons. The monoisotopic (exact) mass is 325 g/mol. The van der Waals surface area contributed by atoms with Gasteiger partial charge in [0.05, 0.1) is 11.3 Å². The third-order valence-corrected chi connectivity index (χ3v) is 4.54. The molecule has 1 amide bonds. The number of nitrogens with zero attached hydrogens (tertiary/aromatic N) is 4. The number of ether oxygens (including phenoxy) is 1. The first-order valence-corrected chi connectivity index (χ1v) is 8.03. The van der Waals surface area contributed by atoms with Crippen molar-refractivity contribution in [1.29, 1.82) is 0 Å². The molecule has 1 aliphatic rings. The summed E-state index contributed by atoms with van der Waals surface area (Å²) in [6, 6.07) is 5.60. The Morgan fingerprint density at radius 3 is 3.12 bits per heavy atom. The number of amides is 1. The molecule has 0 aromatic carbocycles. The Morgan fingerprint density at radius 1 is 1.38 bits per heavy atom. The Labute approximate surface area is 139 Å². The summed E-state index contributed by atoms with van der Waals surface area (Å²) in [5.41, 5.74) is 2.50. The zero-order valence-corrected chi connectivity index (χ0v) is 13.4. The maximum atomic E-state index is 12.4. The first-order valence-electron chi connectivity index (χ1n) is 8.03. The van der Waals surface area contributed by atoms with Gasteiger partial charge in [0.1, 0.15) is 11.8 Å². The SMILES string of the molecule is Cn1nccc1[C@@H]1OCC[C@H]1CNC(=O)c1ccc2nccn2c1. The van der Waals surface area contributed by atoms with Gasteiger partial charge in [0.2, 0.25) is 0 Å². The van der Waals surface area contributed by atoms with E-state index in [-0.39, 0.29) is 17.9 Å². The van der Waals surface area contributed by atoms with Crippen LogP contribution in [0.3, 0.4) is 0 Å². The van der Waals surface area contributed by atoms with Gasteiger partial charge in [-0.2, -0.15) is 5.10 Å². The van der Waals surface area contributed by atoms with Gasteiger partial charge in [0.25, 0.3) is 5.91 Å². The summed E-state index contributed by atoms with van der Waals surface area (Å²) in [6.45, 7) is 1.29. The fourth-order valence-electron chi connectivity index (χ4n) is 3.21. The zero-order chi connectivity index (χ0) is 16.5. The van der Waals surface area contributed by atoms with Crippen molar-refractivity contribution in [3.8, 4) is 0 Å². The van der Waals surface area contributed by atoms with Crippen molar-refractivity contribution in [3.05, 3.63) is 54.2 Å². The molecule has 0 unspecified atom stereocenters. The predicted octanol–water partition coefficient (Wildman–Crippen LogP) is 1.58. The Bertz CT molecular complexity index is 869. The largest absolute Gasteiger partial charge is 0.372 e. The number of nitrogens with one attached hydrogen (secondary N) is 1. The van der Waals surface area contributed by atoms with Crippen LogP contribution in [0.25, 0.3) is 5.65 Å². The highest BCUT2D eigenvalue weighted by Gasteiger charge is 2.31. The second-order valence-corrected chi connectivity index (χ2v) is 6.04. The van der Waals surface area contributed by atoms with Gasteiger partial charge in [-0.25, -0.2) is 4.98 Å². The normalized spacial score (nSPS) is 20.5. The minimum absolute atomic E-state index is 0.0195. The fraction of sp³-hybridized carbons (Fsp3) is 0.353. The van der Waals surface area contributed by atoms with Gasteiger partial charge < -0.3 is 14.5 Å². The fourth-order valence-corrected chi connectivity index (χ4v) is 3.21. The number of hydrogen-bond acceptors (Lipinski definition) is 4. The van der Waals surface area contributed by atoms with Gasteiger partial charge in [-0.05, 0) is 24.6 Å². The maximum absolute atomic E-state index is 12.4. The quantitative estimate of drug-likeness (QED) is 0.790. The first-order chi connectivity index (χ1) is 11.7. The molecule has 124 valence electrons. The Balaban J connectivity index is 1.43. The van der Waals surface area contributed by atoms with Crippen molar-refractivity contribution in [2.24, 2.45) is 13.0 Å². The van der Waals surface area contributed by atoms with E-state index in [2.05, 4.69) is 15.4 Å². The van der Waals surface area contributed by atoms with Crippen LogP contribution in [0.15, 0.2) is 43.0 Å². The third kappa shape index (κ3) is 2.67. The van der Waals surface area contributed by atoms with E-state index in [1.165, 1.54) is 0 Å². The van der Waals surface area contributed by atoms with Crippen molar-refractivity contribution >= 4 is 11.6 Å². The van der Waals surface area contributed by atoms with Crippen molar-refractivity contribution in [3.63, 3.8) is 0 Å². The van der Waals surface area contributed by atoms with Crippen molar-refractivity contribution < 1.29 is 9.53 Å². The maximum Gasteiger partial charge on any atom is 0.252 e. The number of carbonyl (C=O) groups is 1. The number of aromatic nitrogens is 4. The molecule has 24 heavy (non-hydrogen) atoms. The Kier molecular flexibility index (Phi) is 3.78. The predicted molar refractivity (Wildman–Crippen MR) is 87.5 cm³/mol. The molecule has 1 aliphatic heterocycles. The summed E-state index contributed by atoms with van der Waals surface area (Å²) >= 11 is 0. The van der Waals surface area contributed by atoms with Crippen LogP contribution >= 0.6 is 0 Å². The van der Waals surface area contributed by atoms with Gasteiger partial charge >= 0.3 is 0 Å². The molecule has 2 atom stereocenters. The highest BCUT2D eigenvalue weighted by Crippen LogP contribution is 2.33. The van der Waals surface area contributed by atoms with Crippen LogP contribution in [0.1, 0.15) is 28.6 Å². The van der Waals surface area contributed by atoms with Crippen molar-refractivity contribution in [2.45, 2.75) is 12.5 Å². The molecule has 0 saturated carbocycles. The molecule has 4 rings (SSSR count). The molecule has 1 fully saturated rings. The molecular weight excluding hydrogens is 306 g/mol. The van der Waals surface area contributed by atoms with E-state index in [1.807, 2.05) is 34.5 Å². The van der Waals surface area contributed by atoms with E-state index in [1.54, 1.807) is 24.7 Å². The summed E-state index contributed by atoms with van der Waals surface area (Å²) in [6.07, 6.45) is 8.01. The first kappa shape index (κ1) is 14.9. The molecule has 0 aliphatic carbocycles. The minimum Gasteiger partial charge on any atom is -0.372 e. The molecule has 1 N–H and O–H groups in total. The molecular formula is C17H19N5O2. The van der Waals surface area contributed by atoms with Crippen LogP contribution in [-0.2, 0) is 11.8 Å². The van der Waals surface area contributed by atoms with Crippen LogP contribution in [0, 0.1) is 5.92 Å². The number of fused-ring (bicyclic) bond motifs is 1. The molecule has 1 saturated heterocycles. The molecule has 7 nitrogen and oxygen atoms in total. The lowest BCUT2D eigenvalue weighted by Gasteiger charge is -2.19. The standard InChI is InChI=1S/C17H19N5O2/c1-21-14(4-6-20-21)16-12(5-9-24-16)10-19-17(23)13-2-3-15-18-7-8-22(15)11-13/h2-4,6-8,11-12,16H,5,9-10H2,1H3,(H,19,23)/t12-,16+/m0/s1. The number of carbonyl (C=O) groups excluding carboxylic acids is 1. The van der Waals surface area contributed by atoms with E-state index in [0.29, 0.717) is 18.7 Å². The topological polar surface area (TPSA) is 73.4 Å². The van der Waals surface area contributed by atoms with Crippen LogP contribution < -0.4 is 5.32 Å². The Hall–Kier alpha value is -2.67. The number of hydrogen-bond donors (Lipinski definition) is 1. The van der Waals surface area contributed by atoms with Crippen molar-refractivity contribution in [2.75, 3.05) is 13.2 Å². The third-order valence-electron chi connectivity index (χ3n) is 4.54. The highest BCUT2D eigenvalue weighted by molar-refractivity contribution is 5.94. The smallest absolute Gasteiger partial charge is 0.252 e. The van der Waals surface area contributed by atoms with E-state index in [0.717, 1.165) is 17.8 Å². The van der Waals surface area contributed by atoms with Gasteiger partial charge in [0, 0.05) is 50.9 Å². The Morgan fingerprint density at radius 2 is 2.29 bits per heavy atom. The summed E-state index contributed by atoms with van der Waals surface area (Å²) in [5, 5.41) is 7.23. The van der Waals surface area contributed by atoms with Gasteiger partial charge in [0.15, 0.2) is 0 Å². The summed E-state index contributed by atoms with van der Waals surface area (Å²) in [5.74, 6) is 0.169. The molecule has 4 heterocycles. The van der Waals surface area contributed by atoms with Crippen LogP contribution in [0.5, 0.6) is 0 Å². The highest BCUT2D eigenvalue weighted by atomic mass is 16.5. The molecule has 3 aromatic heterocycles. The molecule has 0 spiro atoms. The second kappa shape index (κ2) is 6.09. The minimum atomic E-state index is -0.0822. The number of aryl methyl sites for hydroxylation is 1. The zero-order valence-electron chi connectivity index (χ0n) is 13.4. The van der Waals surface area contributed by atoms with Gasteiger partial charge in [-0.1, -0.05) is 0 Å². The molecule has 3 aromatic rings. The lowest BCUT2D eigenvalue weighted by molar-refractivity contribution is 0.0801.